The van der Waals surface area contributed by atoms with E-state index in [1.54, 1.807) is 31.2 Å². The number of aromatic nitrogens is 1. The van der Waals surface area contributed by atoms with Crippen molar-refractivity contribution in [1.82, 2.24) is 4.98 Å². The molecule has 0 spiro atoms. The highest BCUT2D eigenvalue weighted by Crippen LogP contribution is 2.16. The maximum Gasteiger partial charge on any atom is 0.257 e. The van der Waals surface area contributed by atoms with Gasteiger partial charge in [-0.25, -0.2) is 4.39 Å². The number of carbonyl (C=O) groups is 1. The van der Waals surface area contributed by atoms with Crippen molar-refractivity contribution in [3.05, 3.63) is 59.7 Å². The molecule has 98 valence electrons. The van der Waals surface area contributed by atoms with E-state index in [1.165, 1.54) is 6.20 Å². The van der Waals surface area contributed by atoms with Crippen molar-refractivity contribution in [3.8, 4) is 0 Å². The predicted molar refractivity (Wildman–Crippen MR) is 69.2 cm³/mol. The first-order valence-corrected chi connectivity index (χ1v) is 5.76. The summed E-state index contributed by atoms with van der Waals surface area (Å²) in [6.07, 6.45) is 1.77. The van der Waals surface area contributed by atoms with Gasteiger partial charge in [0.2, 0.25) is 0 Å². The summed E-state index contributed by atoms with van der Waals surface area (Å²) >= 11 is 0. The number of nitrogens with zero attached hydrogens (tertiary/aromatic N) is 1. The second kappa shape index (κ2) is 5.58. The van der Waals surface area contributed by atoms with Gasteiger partial charge in [0.1, 0.15) is 5.82 Å². The van der Waals surface area contributed by atoms with E-state index in [-0.39, 0.29) is 5.56 Å². The highest BCUT2D eigenvalue weighted by molar-refractivity contribution is 6.04. The number of hydrogen-bond donors (Lipinski definition) is 2. The predicted octanol–water partition coefficient (Wildman–Crippen LogP) is 2.53. The molecule has 5 heteroatoms. The number of amides is 1. The third-order valence-corrected chi connectivity index (χ3v) is 2.62. The lowest BCUT2D eigenvalue weighted by molar-refractivity contribution is 0.102. The highest BCUT2D eigenvalue weighted by Gasteiger charge is 2.08. The zero-order valence-electron chi connectivity index (χ0n) is 10.3. The lowest BCUT2D eigenvalue weighted by Gasteiger charge is -2.08. The Balaban J connectivity index is 2.10. The molecule has 0 aliphatic rings. The summed E-state index contributed by atoms with van der Waals surface area (Å²) < 4.78 is 12.9. The Morgan fingerprint density at radius 1 is 1.32 bits per heavy atom. The monoisotopic (exact) mass is 260 g/mol. The van der Waals surface area contributed by atoms with Crippen LogP contribution in [0.5, 0.6) is 0 Å². The number of aliphatic hydroxyl groups is 1. The largest absolute Gasteiger partial charge is 0.389 e. The summed E-state index contributed by atoms with van der Waals surface area (Å²) in [7, 11) is 0. The zero-order valence-corrected chi connectivity index (χ0v) is 10.3. The lowest BCUT2D eigenvalue weighted by Crippen LogP contribution is -2.12. The van der Waals surface area contributed by atoms with E-state index in [9.17, 15) is 14.3 Å². The van der Waals surface area contributed by atoms with Crippen LogP contribution in [0.25, 0.3) is 0 Å². The van der Waals surface area contributed by atoms with Crippen LogP contribution in [0.2, 0.25) is 0 Å². The molecule has 0 fully saturated rings. The van der Waals surface area contributed by atoms with Gasteiger partial charge in [0, 0.05) is 11.9 Å². The minimum Gasteiger partial charge on any atom is -0.389 e. The molecule has 2 N–H and O–H groups in total. The lowest BCUT2D eigenvalue weighted by atomic mass is 10.1. The molecule has 1 atom stereocenters. The fourth-order valence-corrected chi connectivity index (χ4v) is 1.58. The summed E-state index contributed by atoms with van der Waals surface area (Å²) in [4.78, 5) is 15.4. The van der Waals surface area contributed by atoms with Gasteiger partial charge in [-0.15, -0.1) is 0 Å². The van der Waals surface area contributed by atoms with Crippen LogP contribution in [-0.2, 0) is 0 Å². The molecule has 0 aliphatic heterocycles. The van der Waals surface area contributed by atoms with E-state index in [1.807, 2.05) is 0 Å². The highest BCUT2D eigenvalue weighted by atomic mass is 19.1. The first kappa shape index (κ1) is 13.2. The van der Waals surface area contributed by atoms with E-state index in [0.29, 0.717) is 5.69 Å². The summed E-state index contributed by atoms with van der Waals surface area (Å²) in [5.41, 5.74) is 1.48. The van der Waals surface area contributed by atoms with Crippen LogP contribution >= 0.6 is 0 Å². The van der Waals surface area contributed by atoms with E-state index < -0.39 is 17.8 Å². The average Bonchev–Trinajstić information content (AvgIpc) is 2.39. The third-order valence-electron chi connectivity index (χ3n) is 2.62. The maximum absolute atomic E-state index is 12.9. The fourth-order valence-electron chi connectivity index (χ4n) is 1.58. The van der Waals surface area contributed by atoms with Crippen LogP contribution in [-0.4, -0.2) is 16.0 Å². The molecule has 4 nitrogen and oxygen atoms in total. The van der Waals surface area contributed by atoms with E-state index in [4.69, 9.17) is 0 Å². The topological polar surface area (TPSA) is 62.2 Å². The number of benzene rings is 1. The second-order valence-corrected chi connectivity index (χ2v) is 4.14. The smallest absolute Gasteiger partial charge is 0.257 e. The second-order valence-electron chi connectivity index (χ2n) is 4.14. The standard InChI is InChI=1S/C14H13FN2O2/c1-9(18)10-2-4-13(5-3-10)17-14(19)11-6-12(15)8-16-7-11/h2-9,18H,1H3,(H,17,19). The Morgan fingerprint density at radius 3 is 2.58 bits per heavy atom. The van der Waals surface area contributed by atoms with Crippen molar-refractivity contribution >= 4 is 11.6 Å². The molecule has 0 aliphatic carbocycles. The maximum atomic E-state index is 12.9. The van der Waals surface area contributed by atoms with E-state index >= 15 is 0 Å². The molecule has 0 saturated carbocycles. The molecule has 1 unspecified atom stereocenters. The van der Waals surface area contributed by atoms with Crippen molar-refractivity contribution in [3.63, 3.8) is 0 Å². The van der Waals surface area contributed by atoms with Gasteiger partial charge >= 0.3 is 0 Å². The quantitative estimate of drug-likeness (QED) is 0.891. The van der Waals surface area contributed by atoms with Crippen molar-refractivity contribution < 1.29 is 14.3 Å². The van der Waals surface area contributed by atoms with Crippen molar-refractivity contribution in [2.75, 3.05) is 5.32 Å². The van der Waals surface area contributed by atoms with E-state index in [2.05, 4.69) is 10.3 Å². The fraction of sp³-hybridized carbons (Fsp3) is 0.143. The minimum absolute atomic E-state index is 0.152. The minimum atomic E-state index is -0.558. The van der Waals surface area contributed by atoms with Gasteiger partial charge in [0.25, 0.3) is 5.91 Å². The molecule has 2 aromatic rings. The van der Waals surface area contributed by atoms with Crippen LogP contribution in [0.3, 0.4) is 0 Å². The van der Waals surface area contributed by atoms with Crippen molar-refractivity contribution in [2.45, 2.75) is 13.0 Å². The summed E-state index contributed by atoms with van der Waals surface area (Å²) in [6.45, 7) is 1.66. The molecule has 1 amide bonds. The number of pyridine rings is 1. The van der Waals surface area contributed by atoms with Crippen LogP contribution in [0.1, 0.15) is 28.9 Å². The van der Waals surface area contributed by atoms with Crippen LogP contribution in [0.15, 0.2) is 42.7 Å². The zero-order chi connectivity index (χ0) is 13.8. The number of carbonyl (C=O) groups excluding carboxylic acids is 1. The van der Waals surface area contributed by atoms with Gasteiger partial charge in [0.15, 0.2) is 0 Å². The summed E-state index contributed by atoms with van der Waals surface area (Å²) in [6, 6.07) is 7.89. The first-order valence-electron chi connectivity index (χ1n) is 5.76. The number of hydrogen-bond acceptors (Lipinski definition) is 3. The van der Waals surface area contributed by atoms with Crippen molar-refractivity contribution in [2.24, 2.45) is 0 Å². The Hall–Kier alpha value is -2.27. The number of halogens is 1. The summed E-state index contributed by atoms with van der Waals surface area (Å²) in [5.74, 6) is -0.992. The molecule has 1 heterocycles. The number of nitrogens with one attached hydrogen (secondary N) is 1. The van der Waals surface area contributed by atoms with Crippen LogP contribution < -0.4 is 5.32 Å². The van der Waals surface area contributed by atoms with Gasteiger partial charge in [-0.1, -0.05) is 12.1 Å². The molecule has 0 bridgehead atoms. The normalized spacial score (nSPS) is 11.9. The number of anilines is 1. The van der Waals surface area contributed by atoms with Gasteiger partial charge in [-0.2, -0.15) is 0 Å². The van der Waals surface area contributed by atoms with Gasteiger partial charge in [0.05, 0.1) is 17.9 Å². The Morgan fingerprint density at radius 2 is 2.00 bits per heavy atom. The van der Waals surface area contributed by atoms with Gasteiger partial charge in [-0.05, 0) is 30.7 Å². The van der Waals surface area contributed by atoms with Crippen molar-refractivity contribution in [1.29, 1.82) is 0 Å². The Bertz CT molecular complexity index is 582. The van der Waals surface area contributed by atoms with Crippen LogP contribution in [0, 0.1) is 5.82 Å². The number of rotatable bonds is 3. The molecule has 1 aromatic heterocycles. The van der Waals surface area contributed by atoms with Gasteiger partial charge < -0.3 is 10.4 Å². The molecular weight excluding hydrogens is 247 g/mol. The van der Waals surface area contributed by atoms with Gasteiger partial charge in [-0.3, -0.25) is 9.78 Å². The molecular formula is C14H13FN2O2. The Kier molecular flexibility index (Phi) is 3.87. The third kappa shape index (κ3) is 3.35. The molecule has 19 heavy (non-hydrogen) atoms. The Labute approximate surface area is 109 Å². The molecule has 0 saturated heterocycles. The average molecular weight is 260 g/mol. The van der Waals surface area contributed by atoms with E-state index in [0.717, 1.165) is 17.8 Å². The number of aliphatic hydroxyl groups excluding tert-OH is 1. The molecule has 1 aromatic carbocycles. The molecule has 2 rings (SSSR count). The SMILES string of the molecule is CC(O)c1ccc(NC(=O)c2cncc(F)c2)cc1. The first-order chi connectivity index (χ1) is 9.06. The molecule has 0 radical (unpaired) electrons. The summed E-state index contributed by atoms with van der Waals surface area (Å²) in [5, 5.41) is 12.0. The van der Waals surface area contributed by atoms with Crippen LogP contribution in [0.4, 0.5) is 10.1 Å².